The van der Waals surface area contributed by atoms with Crippen LogP contribution in [0.5, 0.6) is 11.5 Å². The summed E-state index contributed by atoms with van der Waals surface area (Å²) in [5.74, 6) is -0.0263. The number of Topliss-reactive ketones (excluding diaryl/α,β-unsaturated/α-hetero) is 1. The van der Waals surface area contributed by atoms with Crippen molar-refractivity contribution < 1.29 is 27.8 Å². The highest BCUT2D eigenvalue weighted by Crippen LogP contribution is 2.52. The zero-order valence-electron chi connectivity index (χ0n) is 17.4. The number of ether oxygens (including phenoxy) is 2. The molecule has 1 fully saturated rings. The summed E-state index contributed by atoms with van der Waals surface area (Å²) in [6.45, 7) is 1.99. The third kappa shape index (κ3) is 3.55. The van der Waals surface area contributed by atoms with Gasteiger partial charge in [0.05, 0.1) is 5.41 Å². The zero-order valence-corrected chi connectivity index (χ0v) is 17.4. The molecule has 4 nitrogen and oxygen atoms in total. The van der Waals surface area contributed by atoms with E-state index in [1.165, 1.54) is 12.1 Å². The number of aryl methyl sites for hydroxylation is 1. The maximum atomic E-state index is 13.4. The SMILES string of the molecule is Cc1ccc(CC(=O)C2(c3ccc4c(c3)OC(F)(F)O4)CC2)cc1-c1cccc(C=O)c1. The number of alkyl halides is 2. The highest BCUT2D eigenvalue weighted by molar-refractivity contribution is 5.95. The first-order valence-electron chi connectivity index (χ1n) is 10.4. The summed E-state index contributed by atoms with van der Waals surface area (Å²) in [4.78, 5) is 24.4. The predicted octanol–water partition coefficient (Wildman–Crippen LogP) is 5.64. The lowest BCUT2D eigenvalue weighted by molar-refractivity contribution is -0.286. The zero-order chi connectivity index (χ0) is 22.5. The van der Waals surface area contributed by atoms with Crippen molar-refractivity contribution in [2.75, 3.05) is 0 Å². The summed E-state index contributed by atoms with van der Waals surface area (Å²) in [5.41, 5.74) is 4.38. The third-order valence-electron chi connectivity index (χ3n) is 6.24. The summed E-state index contributed by atoms with van der Waals surface area (Å²) in [5, 5.41) is 0. The van der Waals surface area contributed by atoms with Crippen molar-refractivity contribution in [3.63, 3.8) is 0 Å². The van der Waals surface area contributed by atoms with E-state index in [1.54, 1.807) is 12.1 Å². The molecule has 3 aromatic carbocycles. The normalized spacial score (nSPS) is 17.1. The van der Waals surface area contributed by atoms with E-state index in [2.05, 4.69) is 9.47 Å². The van der Waals surface area contributed by atoms with Crippen LogP contribution in [0.2, 0.25) is 0 Å². The molecule has 0 bridgehead atoms. The van der Waals surface area contributed by atoms with Crippen molar-refractivity contribution in [1.29, 1.82) is 0 Å². The summed E-state index contributed by atoms with van der Waals surface area (Å²) in [7, 11) is 0. The molecule has 0 atom stereocenters. The fourth-order valence-corrected chi connectivity index (χ4v) is 4.32. The molecule has 162 valence electrons. The van der Waals surface area contributed by atoms with Crippen LogP contribution in [0.15, 0.2) is 60.7 Å². The van der Waals surface area contributed by atoms with Crippen LogP contribution in [0.3, 0.4) is 0 Å². The van der Waals surface area contributed by atoms with Gasteiger partial charge in [-0.2, -0.15) is 0 Å². The van der Waals surface area contributed by atoms with Gasteiger partial charge in [-0.1, -0.05) is 42.5 Å². The van der Waals surface area contributed by atoms with Gasteiger partial charge < -0.3 is 9.47 Å². The molecular weight excluding hydrogens is 414 g/mol. The molecule has 0 amide bonds. The predicted molar refractivity (Wildman–Crippen MR) is 114 cm³/mol. The van der Waals surface area contributed by atoms with Crippen LogP contribution in [0.4, 0.5) is 8.78 Å². The van der Waals surface area contributed by atoms with Crippen LogP contribution >= 0.6 is 0 Å². The van der Waals surface area contributed by atoms with Gasteiger partial charge in [0, 0.05) is 12.0 Å². The minimum absolute atomic E-state index is 0.0253. The first-order chi connectivity index (χ1) is 15.3. The first kappa shape index (κ1) is 20.4. The van der Waals surface area contributed by atoms with Crippen LogP contribution in [0, 0.1) is 6.92 Å². The fourth-order valence-electron chi connectivity index (χ4n) is 4.32. The second kappa shape index (κ2) is 7.26. The number of hydrogen-bond donors (Lipinski definition) is 0. The molecule has 0 spiro atoms. The Morgan fingerprint density at radius 3 is 2.53 bits per heavy atom. The molecule has 0 radical (unpaired) electrons. The molecule has 1 saturated carbocycles. The van der Waals surface area contributed by atoms with Gasteiger partial charge in [-0.25, -0.2) is 0 Å². The molecule has 32 heavy (non-hydrogen) atoms. The molecule has 0 aromatic heterocycles. The van der Waals surface area contributed by atoms with E-state index in [1.807, 2.05) is 43.3 Å². The molecule has 5 rings (SSSR count). The number of carbonyl (C=O) groups excluding carboxylic acids is 2. The van der Waals surface area contributed by atoms with Crippen molar-refractivity contribution in [2.45, 2.75) is 37.9 Å². The Morgan fingerprint density at radius 2 is 1.78 bits per heavy atom. The number of fused-ring (bicyclic) bond motifs is 1. The number of aldehydes is 1. The minimum Gasteiger partial charge on any atom is -0.395 e. The van der Waals surface area contributed by atoms with Crippen molar-refractivity contribution in [3.8, 4) is 22.6 Å². The van der Waals surface area contributed by atoms with Crippen LogP contribution in [-0.4, -0.2) is 18.4 Å². The maximum absolute atomic E-state index is 13.4. The summed E-state index contributed by atoms with van der Waals surface area (Å²) in [6.07, 6.45) is -1.30. The van der Waals surface area contributed by atoms with E-state index < -0.39 is 11.7 Å². The van der Waals surface area contributed by atoms with Crippen LogP contribution in [-0.2, 0) is 16.6 Å². The van der Waals surface area contributed by atoms with E-state index in [0.29, 0.717) is 24.0 Å². The third-order valence-corrected chi connectivity index (χ3v) is 6.24. The Kier molecular flexibility index (Phi) is 4.62. The molecule has 3 aromatic rings. The Labute approximate surface area is 183 Å². The van der Waals surface area contributed by atoms with E-state index in [9.17, 15) is 18.4 Å². The minimum atomic E-state index is -3.68. The smallest absolute Gasteiger partial charge is 0.395 e. The number of benzene rings is 3. The average molecular weight is 434 g/mol. The van der Waals surface area contributed by atoms with E-state index in [-0.39, 0.29) is 23.7 Å². The largest absolute Gasteiger partial charge is 0.586 e. The van der Waals surface area contributed by atoms with Gasteiger partial charge in [0.1, 0.15) is 12.1 Å². The van der Waals surface area contributed by atoms with Gasteiger partial charge in [-0.05, 0) is 65.8 Å². The molecule has 2 aliphatic rings. The van der Waals surface area contributed by atoms with E-state index in [0.717, 1.165) is 28.5 Å². The lowest BCUT2D eigenvalue weighted by Crippen LogP contribution is -2.26. The van der Waals surface area contributed by atoms with Crippen molar-refractivity contribution >= 4 is 12.1 Å². The number of carbonyl (C=O) groups is 2. The molecule has 0 unspecified atom stereocenters. The summed E-state index contributed by atoms with van der Waals surface area (Å²) >= 11 is 0. The van der Waals surface area contributed by atoms with Crippen LogP contribution in [0.25, 0.3) is 11.1 Å². The highest BCUT2D eigenvalue weighted by atomic mass is 19.3. The van der Waals surface area contributed by atoms with Crippen molar-refractivity contribution in [2.24, 2.45) is 0 Å². The molecule has 1 aliphatic carbocycles. The Hall–Kier alpha value is -3.54. The monoisotopic (exact) mass is 434 g/mol. The number of hydrogen-bond acceptors (Lipinski definition) is 4. The topological polar surface area (TPSA) is 52.6 Å². The second-order valence-electron chi connectivity index (χ2n) is 8.40. The highest BCUT2D eigenvalue weighted by Gasteiger charge is 2.52. The van der Waals surface area contributed by atoms with E-state index in [4.69, 9.17) is 0 Å². The van der Waals surface area contributed by atoms with Crippen LogP contribution < -0.4 is 9.47 Å². The lowest BCUT2D eigenvalue weighted by Gasteiger charge is -2.16. The van der Waals surface area contributed by atoms with Gasteiger partial charge in [0.25, 0.3) is 0 Å². The lowest BCUT2D eigenvalue weighted by atomic mass is 9.87. The average Bonchev–Trinajstić information content (AvgIpc) is 3.52. The fraction of sp³-hybridized carbons (Fsp3) is 0.231. The summed E-state index contributed by atoms with van der Waals surface area (Å²) < 4.78 is 35.7. The van der Waals surface area contributed by atoms with Crippen molar-refractivity contribution in [3.05, 3.63) is 82.9 Å². The van der Waals surface area contributed by atoms with Gasteiger partial charge in [0.2, 0.25) is 0 Å². The summed E-state index contributed by atoms with van der Waals surface area (Å²) in [6, 6.07) is 17.8. The Bertz CT molecular complexity index is 1240. The van der Waals surface area contributed by atoms with Crippen LogP contribution in [0.1, 0.15) is 39.9 Å². The molecule has 0 N–H and O–H groups in total. The van der Waals surface area contributed by atoms with Gasteiger partial charge >= 0.3 is 6.29 Å². The number of rotatable bonds is 6. The van der Waals surface area contributed by atoms with E-state index >= 15 is 0 Å². The van der Waals surface area contributed by atoms with Gasteiger partial charge in [-0.3, -0.25) is 9.59 Å². The molecular formula is C26H20F2O4. The second-order valence-corrected chi connectivity index (χ2v) is 8.40. The van der Waals surface area contributed by atoms with Gasteiger partial charge in [0.15, 0.2) is 11.5 Å². The molecule has 6 heteroatoms. The Balaban J connectivity index is 1.40. The maximum Gasteiger partial charge on any atom is 0.586 e. The first-order valence-corrected chi connectivity index (χ1v) is 10.4. The standard InChI is InChI=1S/C26H20F2O4/c1-16-5-6-17(12-21(16)19-4-2-3-18(11-19)15-29)13-24(30)25(9-10-25)20-7-8-22-23(14-20)32-26(27,28)31-22/h2-8,11-12,14-15H,9-10,13H2,1H3. The number of halogens is 2. The molecule has 1 aliphatic heterocycles. The van der Waals surface area contributed by atoms with Gasteiger partial charge in [-0.15, -0.1) is 8.78 Å². The Morgan fingerprint density at radius 1 is 1.00 bits per heavy atom. The van der Waals surface area contributed by atoms with Crippen molar-refractivity contribution in [1.82, 2.24) is 0 Å². The molecule has 1 heterocycles. The quantitative estimate of drug-likeness (QED) is 0.471. The molecule has 0 saturated heterocycles. The number of ketones is 1.